The van der Waals surface area contributed by atoms with Crippen molar-refractivity contribution in [3.8, 4) is 11.5 Å². The van der Waals surface area contributed by atoms with E-state index in [4.69, 9.17) is 15.2 Å². The third kappa shape index (κ3) is 3.09. The summed E-state index contributed by atoms with van der Waals surface area (Å²) in [5.74, 6) is 1.43. The van der Waals surface area contributed by atoms with E-state index in [2.05, 4.69) is 5.32 Å². The van der Waals surface area contributed by atoms with Gasteiger partial charge in [-0.25, -0.2) is 0 Å². The maximum atomic E-state index is 9.96. The van der Waals surface area contributed by atoms with Crippen LogP contribution in [-0.4, -0.2) is 31.5 Å². The second-order valence-electron chi connectivity index (χ2n) is 3.97. The SMILES string of the molecule is NCCCNCC(O)c1ccc2c(c1)OCO2. The van der Waals surface area contributed by atoms with Gasteiger partial charge in [0.15, 0.2) is 11.5 Å². The van der Waals surface area contributed by atoms with E-state index < -0.39 is 6.10 Å². The minimum absolute atomic E-state index is 0.254. The number of aliphatic hydroxyl groups excluding tert-OH is 1. The molecule has 1 aliphatic heterocycles. The Hall–Kier alpha value is -1.30. The fourth-order valence-electron chi connectivity index (χ4n) is 1.70. The van der Waals surface area contributed by atoms with Crippen LogP contribution in [0.2, 0.25) is 0 Å². The minimum Gasteiger partial charge on any atom is -0.454 e. The van der Waals surface area contributed by atoms with E-state index in [9.17, 15) is 5.11 Å². The van der Waals surface area contributed by atoms with Gasteiger partial charge in [-0.15, -0.1) is 0 Å². The molecule has 0 aliphatic carbocycles. The van der Waals surface area contributed by atoms with E-state index in [0.717, 1.165) is 24.3 Å². The lowest BCUT2D eigenvalue weighted by molar-refractivity contribution is 0.170. The van der Waals surface area contributed by atoms with Crippen molar-refractivity contribution in [3.63, 3.8) is 0 Å². The van der Waals surface area contributed by atoms with Gasteiger partial charge in [0.25, 0.3) is 0 Å². The first-order valence-electron chi connectivity index (χ1n) is 5.79. The zero-order valence-electron chi connectivity index (χ0n) is 9.69. The highest BCUT2D eigenvalue weighted by atomic mass is 16.7. The Bertz CT molecular complexity index is 371. The van der Waals surface area contributed by atoms with Crippen LogP contribution < -0.4 is 20.5 Å². The summed E-state index contributed by atoms with van der Waals surface area (Å²) in [6.45, 7) is 2.24. The van der Waals surface area contributed by atoms with Crippen molar-refractivity contribution >= 4 is 0 Å². The van der Waals surface area contributed by atoms with Crippen molar-refractivity contribution in [1.82, 2.24) is 5.32 Å². The normalized spacial score (nSPS) is 14.9. The van der Waals surface area contributed by atoms with Crippen molar-refractivity contribution < 1.29 is 14.6 Å². The van der Waals surface area contributed by atoms with E-state index in [1.54, 1.807) is 0 Å². The Morgan fingerprint density at radius 3 is 3.00 bits per heavy atom. The van der Waals surface area contributed by atoms with Crippen LogP contribution in [0, 0.1) is 0 Å². The van der Waals surface area contributed by atoms with Crippen molar-refractivity contribution in [2.45, 2.75) is 12.5 Å². The number of benzene rings is 1. The van der Waals surface area contributed by atoms with Gasteiger partial charge in [0.05, 0.1) is 6.10 Å². The molecule has 1 aromatic carbocycles. The van der Waals surface area contributed by atoms with Gasteiger partial charge in [0.1, 0.15) is 0 Å². The molecule has 0 spiro atoms. The molecule has 1 aliphatic rings. The molecule has 2 rings (SSSR count). The minimum atomic E-state index is -0.540. The first-order chi connectivity index (χ1) is 8.31. The summed E-state index contributed by atoms with van der Waals surface area (Å²) in [7, 11) is 0. The predicted octanol–water partition coefficient (Wildman–Crippen LogP) is 0.387. The van der Waals surface area contributed by atoms with Gasteiger partial charge in [-0.05, 0) is 37.2 Å². The third-order valence-corrected chi connectivity index (χ3v) is 2.68. The maximum Gasteiger partial charge on any atom is 0.231 e. The van der Waals surface area contributed by atoms with Gasteiger partial charge < -0.3 is 25.6 Å². The van der Waals surface area contributed by atoms with E-state index >= 15 is 0 Å². The summed E-state index contributed by atoms with van der Waals surface area (Å²) in [5, 5.41) is 13.1. The molecule has 0 fully saturated rings. The predicted molar refractivity (Wildman–Crippen MR) is 64.1 cm³/mol. The standard InChI is InChI=1S/C12H18N2O3/c13-4-1-5-14-7-10(15)9-2-3-11-12(6-9)17-8-16-11/h2-3,6,10,14-15H,1,4-5,7-8,13H2. The van der Waals surface area contributed by atoms with Crippen molar-refractivity contribution in [3.05, 3.63) is 23.8 Å². The molecule has 0 bridgehead atoms. The van der Waals surface area contributed by atoms with E-state index in [0.29, 0.717) is 18.8 Å². The summed E-state index contributed by atoms with van der Waals surface area (Å²) < 4.78 is 10.5. The number of hydrogen-bond donors (Lipinski definition) is 3. The second kappa shape index (κ2) is 5.86. The van der Waals surface area contributed by atoms with Crippen LogP contribution in [0.4, 0.5) is 0 Å². The summed E-state index contributed by atoms with van der Waals surface area (Å²) in [6, 6.07) is 5.49. The lowest BCUT2D eigenvalue weighted by Gasteiger charge is -2.12. The van der Waals surface area contributed by atoms with Gasteiger partial charge in [-0.3, -0.25) is 0 Å². The van der Waals surface area contributed by atoms with Crippen molar-refractivity contribution in [2.75, 3.05) is 26.4 Å². The number of aliphatic hydroxyl groups is 1. The molecule has 5 nitrogen and oxygen atoms in total. The molecule has 5 heteroatoms. The van der Waals surface area contributed by atoms with Gasteiger partial charge in [0, 0.05) is 6.54 Å². The van der Waals surface area contributed by atoms with Crippen LogP contribution in [0.25, 0.3) is 0 Å². The molecule has 94 valence electrons. The van der Waals surface area contributed by atoms with Crippen LogP contribution in [0.15, 0.2) is 18.2 Å². The lowest BCUT2D eigenvalue weighted by atomic mass is 10.1. The molecule has 0 saturated carbocycles. The molecule has 4 N–H and O–H groups in total. The number of ether oxygens (including phenoxy) is 2. The van der Waals surface area contributed by atoms with Crippen molar-refractivity contribution in [2.24, 2.45) is 5.73 Å². The van der Waals surface area contributed by atoms with E-state index in [1.807, 2.05) is 18.2 Å². The van der Waals surface area contributed by atoms with E-state index in [1.165, 1.54) is 0 Å². The highest BCUT2D eigenvalue weighted by Crippen LogP contribution is 2.33. The molecule has 0 saturated heterocycles. The summed E-state index contributed by atoms with van der Waals surface area (Å²) in [5.41, 5.74) is 6.21. The molecule has 0 aromatic heterocycles. The zero-order valence-corrected chi connectivity index (χ0v) is 9.69. The topological polar surface area (TPSA) is 76.7 Å². The first kappa shape index (κ1) is 12.2. The Kier molecular flexibility index (Phi) is 4.19. The molecule has 17 heavy (non-hydrogen) atoms. The highest BCUT2D eigenvalue weighted by Gasteiger charge is 2.16. The molecule has 0 radical (unpaired) electrons. The van der Waals surface area contributed by atoms with Gasteiger partial charge in [-0.1, -0.05) is 6.07 Å². The Balaban J connectivity index is 1.88. The van der Waals surface area contributed by atoms with Gasteiger partial charge in [-0.2, -0.15) is 0 Å². The van der Waals surface area contributed by atoms with Crippen LogP contribution >= 0.6 is 0 Å². The molecular weight excluding hydrogens is 220 g/mol. The number of hydrogen-bond acceptors (Lipinski definition) is 5. The molecule has 1 heterocycles. The lowest BCUT2D eigenvalue weighted by Crippen LogP contribution is -2.24. The molecular formula is C12H18N2O3. The maximum absolute atomic E-state index is 9.96. The van der Waals surface area contributed by atoms with Gasteiger partial charge in [0.2, 0.25) is 6.79 Å². The van der Waals surface area contributed by atoms with Crippen LogP contribution in [0.3, 0.4) is 0 Å². The summed E-state index contributed by atoms with van der Waals surface area (Å²) >= 11 is 0. The fourth-order valence-corrected chi connectivity index (χ4v) is 1.70. The number of rotatable bonds is 6. The monoisotopic (exact) mass is 238 g/mol. The van der Waals surface area contributed by atoms with Crippen molar-refractivity contribution in [1.29, 1.82) is 0 Å². The Morgan fingerprint density at radius 1 is 1.35 bits per heavy atom. The number of fused-ring (bicyclic) bond motifs is 1. The number of nitrogens with one attached hydrogen (secondary N) is 1. The Labute approximate surface area is 101 Å². The first-order valence-corrected chi connectivity index (χ1v) is 5.79. The highest BCUT2D eigenvalue weighted by molar-refractivity contribution is 5.45. The second-order valence-corrected chi connectivity index (χ2v) is 3.97. The quantitative estimate of drug-likeness (QED) is 0.625. The summed E-state index contributed by atoms with van der Waals surface area (Å²) in [6.07, 6.45) is 0.371. The van der Waals surface area contributed by atoms with Crippen LogP contribution in [0.5, 0.6) is 11.5 Å². The average Bonchev–Trinajstić information content (AvgIpc) is 2.81. The number of nitrogens with two attached hydrogens (primary N) is 1. The third-order valence-electron chi connectivity index (χ3n) is 2.68. The van der Waals surface area contributed by atoms with Crippen LogP contribution in [-0.2, 0) is 0 Å². The average molecular weight is 238 g/mol. The van der Waals surface area contributed by atoms with Gasteiger partial charge >= 0.3 is 0 Å². The van der Waals surface area contributed by atoms with E-state index in [-0.39, 0.29) is 6.79 Å². The van der Waals surface area contributed by atoms with Crippen LogP contribution in [0.1, 0.15) is 18.1 Å². The molecule has 1 atom stereocenters. The fraction of sp³-hybridized carbons (Fsp3) is 0.500. The molecule has 1 aromatic rings. The molecule has 0 amide bonds. The largest absolute Gasteiger partial charge is 0.454 e. The smallest absolute Gasteiger partial charge is 0.231 e. The molecule has 1 unspecified atom stereocenters. The summed E-state index contributed by atoms with van der Waals surface area (Å²) in [4.78, 5) is 0. The Morgan fingerprint density at radius 2 is 2.18 bits per heavy atom. The zero-order chi connectivity index (χ0) is 12.1.